The third-order valence-corrected chi connectivity index (χ3v) is 4.48. The maximum absolute atomic E-state index is 11.9. The fourth-order valence-electron chi connectivity index (χ4n) is 2.23. The molecular weight excluding hydrogens is 364 g/mol. The number of benzene rings is 1. The van der Waals surface area contributed by atoms with Crippen LogP contribution in [0.4, 0.5) is 5.82 Å². The lowest BCUT2D eigenvalue weighted by Gasteiger charge is -2.05. The van der Waals surface area contributed by atoms with Crippen LogP contribution < -0.4 is 10.6 Å². The number of aromatic nitrogens is 2. The molecule has 0 aliphatic rings. The molecule has 0 atom stereocenters. The van der Waals surface area contributed by atoms with Crippen LogP contribution >= 0.6 is 11.8 Å². The van der Waals surface area contributed by atoms with Gasteiger partial charge in [-0.05, 0) is 36.2 Å². The highest BCUT2D eigenvalue weighted by Crippen LogP contribution is 2.15. The van der Waals surface area contributed by atoms with Crippen molar-refractivity contribution in [2.45, 2.75) is 11.4 Å². The van der Waals surface area contributed by atoms with E-state index in [1.807, 2.05) is 30.3 Å². The Balaban J connectivity index is 1.39. The first-order valence-electron chi connectivity index (χ1n) is 8.33. The molecule has 0 fully saturated rings. The summed E-state index contributed by atoms with van der Waals surface area (Å²) in [4.78, 5) is 23.8. The third-order valence-electron chi connectivity index (χ3n) is 3.56. The molecule has 1 aromatic carbocycles. The van der Waals surface area contributed by atoms with Gasteiger partial charge in [0.15, 0.2) is 11.6 Å². The Kier molecular flexibility index (Phi) is 6.59. The molecule has 0 unspecified atom stereocenters. The van der Waals surface area contributed by atoms with Crippen molar-refractivity contribution in [2.24, 2.45) is 0 Å². The van der Waals surface area contributed by atoms with Gasteiger partial charge in [0.1, 0.15) is 5.03 Å². The molecule has 0 aliphatic heterocycles. The number of nitrogens with one attached hydrogen (secondary N) is 2. The van der Waals surface area contributed by atoms with E-state index in [-0.39, 0.29) is 17.4 Å². The topological polar surface area (TPSA) is 97.1 Å². The lowest BCUT2D eigenvalue weighted by molar-refractivity contribution is -0.118. The second-order valence-corrected chi connectivity index (χ2v) is 6.56. The smallest absolute Gasteiger partial charge is 0.292 e. The highest BCUT2D eigenvalue weighted by molar-refractivity contribution is 7.99. The Morgan fingerprint density at radius 2 is 1.85 bits per heavy atom. The first kappa shape index (κ1) is 18.7. The van der Waals surface area contributed by atoms with E-state index in [9.17, 15) is 9.59 Å². The number of rotatable bonds is 8. The van der Waals surface area contributed by atoms with Crippen molar-refractivity contribution in [1.82, 2.24) is 15.5 Å². The standard InChI is InChI=1S/C19H18N4O3S/c24-17(20-11-10-14-5-2-1-3-6-14)13-27-18-9-8-16(22-23-18)21-19(25)15-7-4-12-26-15/h1-9,12H,10-11,13H2,(H,20,24)(H,21,22,25). The van der Waals surface area contributed by atoms with Crippen molar-refractivity contribution in [3.05, 3.63) is 72.2 Å². The third kappa shape index (κ3) is 5.96. The fraction of sp³-hybridized carbons (Fsp3) is 0.158. The van der Waals surface area contributed by atoms with Crippen molar-refractivity contribution in [2.75, 3.05) is 17.6 Å². The van der Waals surface area contributed by atoms with Crippen molar-refractivity contribution >= 4 is 29.4 Å². The van der Waals surface area contributed by atoms with Crippen LogP contribution in [0, 0.1) is 0 Å². The first-order chi connectivity index (χ1) is 13.2. The molecule has 0 spiro atoms. The minimum absolute atomic E-state index is 0.0621. The van der Waals surface area contributed by atoms with Gasteiger partial charge in [-0.25, -0.2) is 0 Å². The number of nitrogens with zero attached hydrogens (tertiary/aromatic N) is 2. The second-order valence-electron chi connectivity index (χ2n) is 5.56. The van der Waals surface area contributed by atoms with E-state index >= 15 is 0 Å². The first-order valence-corrected chi connectivity index (χ1v) is 9.31. The summed E-state index contributed by atoms with van der Waals surface area (Å²) < 4.78 is 5.01. The van der Waals surface area contributed by atoms with Crippen molar-refractivity contribution in [1.29, 1.82) is 0 Å². The highest BCUT2D eigenvalue weighted by atomic mass is 32.2. The Morgan fingerprint density at radius 1 is 1.00 bits per heavy atom. The van der Waals surface area contributed by atoms with E-state index in [2.05, 4.69) is 20.8 Å². The summed E-state index contributed by atoms with van der Waals surface area (Å²) in [6.07, 6.45) is 2.21. The SMILES string of the molecule is O=C(CSc1ccc(NC(=O)c2ccco2)nn1)NCCc1ccccc1. The predicted molar refractivity (Wildman–Crippen MR) is 103 cm³/mol. The van der Waals surface area contributed by atoms with Crippen LogP contribution in [-0.2, 0) is 11.2 Å². The Morgan fingerprint density at radius 3 is 2.56 bits per heavy atom. The molecule has 8 heteroatoms. The molecule has 138 valence electrons. The molecule has 2 N–H and O–H groups in total. The molecule has 0 saturated heterocycles. The monoisotopic (exact) mass is 382 g/mol. The molecule has 3 aromatic rings. The summed E-state index contributed by atoms with van der Waals surface area (Å²) in [6.45, 7) is 0.590. The van der Waals surface area contributed by atoms with Crippen LogP contribution in [0.1, 0.15) is 16.1 Å². The van der Waals surface area contributed by atoms with Gasteiger partial charge in [0.05, 0.1) is 12.0 Å². The number of carbonyl (C=O) groups is 2. The summed E-state index contributed by atoms with van der Waals surface area (Å²) in [5.41, 5.74) is 1.18. The van der Waals surface area contributed by atoms with E-state index in [1.54, 1.807) is 24.3 Å². The number of hydrogen-bond acceptors (Lipinski definition) is 6. The number of anilines is 1. The van der Waals surface area contributed by atoms with Crippen LogP contribution in [0.5, 0.6) is 0 Å². The van der Waals surface area contributed by atoms with Crippen LogP contribution in [-0.4, -0.2) is 34.3 Å². The number of hydrogen-bond donors (Lipinski definition) is 2. The van der Waals surface area contributed by atoms with Gasteiger partial charge in [0, 0.05) is 6.54 Å². The molecule has 0 aliphatic carbocycles. The van der Waals surface area contributed by atoms with Gasteiger partial charge in [-0.15, -0.1) is 10.2 Å². The van der Waals surface area contributed by atoms with Gasteiger partial charge in [0.25, 0.3) is 5.91 Å². The molecule has 2 amide bonds. The summed E-state index contributed by atoms with van der Waals surface area (Å²) in [7, 11) is 0. The zero-order valence-electron chi connectivity index (χ0n) is 14.4. The van der Waals surface area contributed by atoms with Crippen molar-refractivity contribution in [3.8, 4) is 0 Å². The van der Waals surface area contributed by atoms with E-state index in [0.717, 1.165) is 6.42 Å². The normalized spacial score (nSPS) is 10.4. The maximum atomic E-state index is 11.9. The van der Waals surface area contributed by atoms with E-state index in [4.69, 9.17) is 4.42 Å². The lowest BCUT2D eigenvalue weighted by Crippen LogP contribution is -2.27. The average molecular weight is 382 g/mol. The molecule has 2 aromatic heterocycles. The minimum atomic E-state index is -0.396. The number of carbonyl (C=O) groups excluding carboxylic acids is 2. The van der Waals surface area contributed by atoms with Crippen molar-refractivity contribution < 1.29 is 14.0 Å². The van der Waals surface area contributed by atoms with Gasteiger partial charge in [-0.2, -0.15) is 0 Å². The van der Waals surface area contributed by atoms with Gasteiger partial charge in [-0.1, -0.05) is 42.1 Å². The average Bonchev–Trinajstić information content (AvgIpc) is 3.23. The number of furan rings is 1. The molecule has 0 radical (unpaired) electrons. The summed E-state index contributed by atoms with van der Waals surface area (Å²) >= 11 is 1.28. The van der Waals surface area contributed by atoms with Gasteiger partial charge >= 0.3 is 0 Å². The van der Waals surface area contributed by atoms with E-state index in [0.29, 0.717) is 17.4 Å². The van der Waals surface area contributed by atoms with Gasteiger partial charge in [-0.3, -0.25) is 9.59 Å². The second kappa shape index (κ2) is 9.54. The zero-order chi connectivity index (χ0) is 18.9. The van der Waals surface area contributed by atoms with E-state index < -0.39 is 5.91 Å². The molecule has 0 bridgehead atoms. The van der Waals surface area contributed by atoms with E-state index in [1.165, 1.54) is 23.6 Å². The predicted octanol–water partition coefficient (Wildman–Crippen LogP) is 2.77. The number of amides is 2. The maximum Gasteiger partial charge on any atom is 0.292 e. The zero-order valence-corrected chi connectivity index (χ0v) is 15.2. The summed E-state index contributed by atoms with van der Waals surface area (Å²) in [5, 5.41) is 14.0. The minimum Gasteiger partial charge on any atom is -0.459 e. The Bertz CT molecular complexity index is 868. The lowest BCUT2D eigenvalue weighted by atomic mass is 10.1. The van der Waals surface area contributed by atoms with Crippen LogP contribution in [0.2, 0.25) is 0 Å². The van der Waals surface area contributed by atoms with Crippen molar-refractivity contribution in [3.63, 3.8) is 0 Å². The van der Waals surface area contributed by atoms with Crippen LogP contribution in [0.3, 0.4) is 0 Å². The Labute approximate surface area is 160 Å². The quantitative estimate of drug-likeness (QED) is 0.582. The highest BCUT2D eigenvalue weighted by Gasteiger charge is 2.10. The molecule has 27 heavy (non-hydrogen) atoms. The van der Waals surface area contributed by atoms with Crippen LogP contribution in [0.25, 0.3) is 0 Å². The summed E-state index contributed by atoms with van der Waals surface area (Å²) in [6, 6.07) is 16.5. The van der Waals surface area contributed by atoms with Gasteiger partial charge < -0.3 is 15.1 Å². The fourth-order valence-corrected chi connectivity index (χ4v) is 2.87. The molecule has 2 heterocycles. The van der Waals surface area contributed by atoms with Crippen LogP contribution in [0.15, 0.2) is 70.3 Å². The molecule has 0 saturated carbocycles. The Hall–Kier alpha value is -3.13. The summed E-state index contributed by atoms with van der Waals surface area (Å²) in [5.74, 6) is 0.303. The molecule has 3 rings (SSSR count). The number of thioether (sulfide) groups is 1. The molecular formula is C19H18N4O3S. The van der Waals surface area contributed by atoms with Gasteiger partial charge in [0.2, 0.25) is 5.91 Å². The largest absolute Gasteiger partial charge is 0.459 e. The molecule has 7 nitrogen and oxygen atoms in total.